The van der Waals surface area contributed by atoms with Crippen LogP contribution >= 0.6 is 0 Å². The fraction of sp³-hybridized carbons (Fsp3) is 0.455. The highest BCUT2D eigenvalue weighted by molar-refractivity contribution is 5.92. The molecule has 0 saturated carbocycles. The number of methoxy groups -OCH3 is 2. The van der Waals surface area contributed by atoms with Gasteiger partial charge in [-0.3, -0.25) is 4.79 Å². The largest absolute Gasteiger partial charge is 0.493 e. The van der Waals surface area contributed by atoms with E-state index in [9.17, 15) is 4.79 Å². The summed E-state index contributed by atoms with van der Waals surface area (Å²) in [6.07, 6.45) is 7.16. The molecule has 1 fully saturated rings. The topological polar surface area (TPSA) is 63.7 Å². The van der Waals surface area contributed by atoms with Crippen molar-refractivity contribution in [3.8, 4) is 11.5 Å². The number of anilines is 1. The van der Waals surface area contributed by atoms with Gasteiger partial charge in [-0.25, -0.2) is 4.98 Å². The van der Waals surface area contributed by atoms with Gasteiger partial charge in [-0.1, -0.05) is 18.9 Å². The Morgan fingerprint density at radius 3 is 2.43 bits per heavy atom. The molecule has 6 heteroatoms. The molecule has 2 aromatic rings. The van der Waals surface area contributed by atoms with Crippen molar-refractivity contribution in [3.63, 3.8) is 0 Å². The smallest absolute Gasteiger partial charge is 0.272 e. The molecule has 1 N–H and O–H groups in total. The van der Waals surface area contributed by atoms with Gasteiger partial charge in [0.25, 0.3) is 5.91 Å². The van der Waals surface area contributed by atoms with Crippen molar-refractivity contribution < 1.29 is 14.3 Å². The third kappa shape index (κ3) is 5.15. The lowest BCUT2D eigenvalue weighted by Gasteiger charge is -2.19. The third-order valence-corrected chi connectivity index (χ3v) is 5.07. The fourth-order valence-corrected chi connectivity index (χ4v) is 3.45. The van der Waals surface area contributed by atoms with Gasteiger partial charge in [0.05, 0.1) is 26.1 Å². The lowest BCUT2D eigenvalue weighted by Crippen LogP contribution is -2.32. The van der Waals surface area contributed by atoms with Crippen LogP contribution < -0.4 is 14.8 Å². The highest BCUT2D eigenvalue weighted by atomic mass is 16.5. The summed E-state index contributed by atoms with van der Waals surface area (Å²) < 4.78 is 10.6. The van der Waals surface area contributed by atoms with Crippen LogP contribution in [0.4, 0.5) is 5.69 Å². The highest BCUT2D eigenvalue weighted by Crippen LogP contribution is 2.27. The molecule has 1 saturated heterocycles. The number of carbonyl (C=O) groups excluding carboxylic acids is 1. The molecule has 0 radical (unpaired) electrons. The van der Waals surface area contributed by atoms with E-state index < -0.39 is 0 Å². The van der Waals surface area contributed by atoms with Crippen LogP contribution in [0.2, 0.25) is 0 Å². The number of ether oxygens (including phenoxy) is 2. The molecular formula is C22H29N3O3. The second-order valence-electron chi connectivity index (χ2n) is 7.00. The standard InChI is InChI=1S/C22H29N3O3/c1-27-20-10-7-17(15-21(20)28-2)11-12-23-18-8-9-19(24-16-18)22(26)25-13-5-3-4-6-14-25/h7-10,15-16,23H,3-6,11-14H2,1-2H3. The van der Waals surface area contributed by atoms with E-state index in [1.165, 1.54) is 12.8 Å². The molecule has 150 valence electrons. The molecule has 0 bridgehead atoms. The second-order valence-corrected chi connectivity index (χ2v) is 7.00. The van der Waals surface area contributed by atoms with E-state index in [2.05, 4.69) is 10.3 Å². The maximum Gasteiger partial charge on any atom is 0.272 e. The minimum absolute atomic E-state index is 0.0405. The van der Waals surface area contributed by atoms with E-state index in [0.29, 0.717) is 5.69 Å². The summed E-state index contributed by atoms with van der Waals surface area (Å²) >= 11 is 0. The van der Waals surface area contributed by atoms with Crippen molar-refractivity contribution >= 4 is 11.6 Å². The minimum atomic E-state index is 0.0405. The van der Waals surface area contributed by atoms with Gasteiger partial charge in [-0.2, -0.15) is 0 Å². The summed E-state index contributed by atoms with van der Waals surface area (Å²) in [5, 5.41) is 3.36. The molecular weight excluding hydrogens is 354 g/mol. The highest BCUT2D eigenvalue weighted by Gasteiger charge is 2.18. The lowest BCUT2D eigenvalue weighted by molar-refractivity contribution is 0.0756. The first-order valence-corrected chi connectivity index (χ1v) is 9.91. The van der Waals surface area contributed by atoms with E-state index in [4.69, 9.17) is 9.47 Å². The molecule has 0 atom stereocenters. The number of aromatic nitrogens is 1. The normalized spacial score (nSPS) is 14.3. The first kappa shape index (κ1) is 20.0. The first-order chi connectivity index (χ1) is 13.7. The molecule has 1 amide bonds. The Morgan fingerprint density at radius 1 is 1.04 bits per heavy atom. The maximum absolute atomic E-state index is 12.6. The van der Waals surface area contributed by atoms with Crippen molar-refractivity contribution in [2.75, 3.05) is 39.2 Å². The number of pyridine rings is 1. The summed E-state index contributed by atoms with van der Waals surface area (Å²) in [7, 11) is 3.27. The predicted molar refractivity (Wildman–Crippen MR) is 110 cm³/mol. The van der Waals surface area contributed by atoms with E-state index in [1.54, 1.807) is 20.4 Å². The Balaban J connectivity index is 1.52. The van der Waals surface area contributed by atoms with Crippen LogP contribution in [0, 0.1) is 0 Å². The molecule has 2 heterocycles. The molecule has 0 aliphatic carbocycles. The average Bonchev–Trinajstić information content (AvgIpc) is 3.03. The van der Waals surface area contributed by atoms with Crippen LogP contribution in [0.3, 0.4) is 0 Å². The van der Waals surface area contributed by atoms with Gasteiger partial charge in [-0.15, -0.1) is 0 Å². The van der Waals surface area contributed by atoms with Crippen LogP contribution in [-0.2, 0) is 6.42 Å². The zero-order valence-corrected chi connectivity index (χ0v) is 16.7. The average molecular weight is 383 g/mol. The van der Waals surface area contributed by atoms with Crippen molar-refractivity contribution in [3.05, 3.63) is 47.8 Å². The lowest BCUT2D eigenvalue weighted by atomic mass is 10.1. The number of amides is 1. The Hall–Kier alpha value is -2.76. The van der Waals surface area contributed by atoms with E-state index in [-0.39, 0.29) is 5.91 Å². The minimum Gasteiger partial charge on any atom is -0.493 e. The number of nitrogens with zero attached hydrogens (tertiary/aromatic N) is 2. The molecule has 1 aliphatic heterocycles. The first-order valence-electron chi connectivity index (χ1n) is 9.91. The quantitative estimate of drug-likeness (QED) is 0.788. The van der Waals surface area contributed by atoms with E-state index in [0.717, 1.165) is 61.6 Å². The monoisotopic (exact) mass is 383 g/mol. The SMILES string of the molecule is COc1ccc(CCNc2ccc(C(=O)N3CCCCCC3)nc2)cc1OC. The van der Waals surface area contributed by atoms with Gasteiger partial charge >= 0.3 is 0 Å². The van der Waals surface area contributed by atoms with Crippen LogP contribution in [0.1, 0.15) is 41.7 Å². The zero-order chi connectivity index (χ0) is 19.8. The van der Waals surface area contributed by atoms with Crippen LogP contribution in [0.25, 0.3) is 0 Å². The van der Waals surface area contributed by atoms with Crippen LogP contribution in [0.5, 0.6) is 11.5 Å². The molecule has 0 spiro atoms. The van der Waals surface area contributed by atoms with E-state index >= 15 is 0 Å². The van der Waals surface area contributed by atoms with Gasteiger partial charge in [0, 0.05) is 19.6 Å². The van der Waals surface area contributed by atoms with Crippen molar-refractivity contribution in [1.29, 1.82) is 0 Å². The molecule has 0 unspecified atom stereocenters. The Labute approximate surface area is 166 Å². The number of carbonyl (C=O) groups is 1. The van der Waals surface area contributed by atoms with Gasteiger partial charge in [0.15, 0.2) is 11.5 Å². The Morgan fingerprint density at radius 2 is 1.79 bits per heavy atom. The van der Waals surface area contributed by atoms with Gasteiger partial charge in [0.1, 0.15) is 5.69 Å². The number of hydrogen-bond donors (Lipinski definition) is 1. The molecule has 28 heavy (non-hydrogen) atoms. The molecule has 3 rings (SSSR count). The van der Waals surface area contributed by atoms with Crippen LogP contribution in [0.15, 0.2) is 36.5 Å². The van der Waals surface area contributed by atoms with Crippen LogP contribution in [-0.4, -0.2) is 49.6 Å². The summed E-state index contributed by atoms with van der Waals surface area (Å²) in [5.74, 6) is 1.50. The molecule has 6 nitrogen and oxygen atoms in total. The Kier molecular flexibility index (Phi) is 7.12. The molecule has 1 aromatic carbocycles. The van der Waals surface area contributed by atoms with E-state index in [1.807, 2.05) is 35.2 Å². The van der Waals surface area contributed by atoms with Gasteiger partial charge in [0.2, 0.25) is 0 Å². The summed E-state index contributed by atoms with van der Waals surface area (Å²) in [4.78, 5) is 18.9. The van der Waals surface area contributed by atoms with Gasteiger partial charge in [-0.05, 0) is 49.1 Å². The second kappa shape index (κ2) is 9.97. The fourth-order valence-electron chi connectivity index (χ4n) is 3.45. The summed E-state index contributed by atoms with van der Waals surface area (Å²) in [6, 6.07) is 9.67. The maximum atomic E-state index is 12.6. The zero-order valence-electron chi connectivity index (χ0n) is 16.7. The summed E-state index contributed by atoms with van der Waals surface area (Å²) in [5.41, 5.74) is 2.59. The molecule has 1 aromatic heterocycles. The summed E-state index contributed by atoms with van der Waals surface area (Å²) in [6.45, 7) is 2.44. The van der Waals surface area contributed by atoms with Gasteiger partial charge < -0.3 is 19.7 Å². The van der Waals surface area contributed by atoms with Crippen molar-refractivity contribution in [1.82, 2.24) is 9.88 Å². The van der Waals surface area contributed by atoms with Crippen molar-refractivity contribution in [2.24, 2.45) is 0 Å². The number of nitrogens with one attached hydrogen (secondary N) is 1. The Bertz CT molecular complexity index is 769. The molecule has 1 aliphatic rings. The third-order valence-electron chi connectivity index (χ3n) is 5.07. The van der Waals surface area contributed by atoms with Crippen molar-refractivity contribution in [2.45, 2.75) is 32.1 Å². The number of rotatable bonds is 7. The number of benzene rings is 1. The predicted octanol–water partition coefficient (Wildman–Crippen LogP) is 3.77. The number of hydrogen-bond acceptors (Lipinski definition) is 5. The number of likely N-dealkylation sites (tertiary alicyclic amines) is 1.